The Morgan fingerprint density at radius 3 is 2.76 bits per heavy atom. The lowest BCUT2D eigenvalue weighted by molar-refractivity contribution is -0.109. The first-order valence-electron chi connectivity index (χ1n) is 8.66. The topological polar surface area (TPSA) is 151 Å². The molecular formula is C18H18N4O6S. The van der Waals surface area contributed by atoms with Crippen LogP contribution in [0.1, 0.15) is 29.4 Å². The van der Waals surface area contributed by atoms with Crippen molar-refractivity contribution >= 4 is 33.2 Å². The third kappa shape index (κ3) is 4.58. The molecule has 0 aliphatic heterocycles. The molecule has 0 spiro atoms. The number of aromatic nitrogens is 2. The van der Waals surface area contributed by atoms with Crippen LogP contribution in [-0.4, -0.2) is 36.8 Å². The fourth-order valence-corrected chi connectivity index (χ4v) is 3.52. The smallest absolute Gasteiger partial charge is 0.287 e. The second-order valence-corrected chi connectivity index (χ2v) is 7.95. The standard InChI is InChI=1S/C18H18N4O6S/c1-2-12(10-23)21-17(24)11-3-4-13(19-8-11)9-20-29(26,27)14-5-6-16-15(7-14)18(25)22-28-16/h3-8,10,12,20H,2,9H2,1H3,(H,21,24)(H,22,25)/t12-/m0/s1. The summed E-state index contributed by atoms with van der Waals surface area (Å²) in [5, 5.41) is 4.82. The van der Waals surface area contributed by atoms with Crippen molar-refractivity contribution in [3.8, 4) is 0 Å². The van der Waals surface area contributed by atoms with E-state index in [1.807, 2.05) is 0 Å². The number of pyridine rings is 1. The number of rotatable bonds is 8. The molecule has 152 valence electrons. The number of nitrogens with zero attached hydrogens (tertiary/aromatic N) is 1. The Bertz CT molecular complexity index is 1200. The third-order valence-corrected chi connectivity index (χ3v) is 5.61. The average Bonchev–Trinajstić information content (AvgIpc) is 3.11. The Balaban J connectivity index is 1.68. The second kappa shape index (κ2) is 8.37. The Kier molecular flexibility index (Phi) is 5.89. The van der Waals surface area contributed by atoms with Crippen LogP contribution in [0.5, 0.6) is 0 Å². The molecule has 2 heterocycles. The van der Waals surface area contributed by atoms with Gasteiger partial charge < -0.3 is 14.6 Å². The van der Waals surface area contributed by atoms with Crippen molar-refractivity contribution < 1.29 is 22.5 Å². The molecule has 0 aliphatic carbocycles. The number of sulfonamides is 1. The third-order valence-electron chi connectivity index (χ3n) is 4.21. The molecule has 1 atom stereocenters. The quantitative estimate of drug-likeness (QED) is 0.456. The zero-order valence-corrected chi connectivity index (χ0v) is 16.2. The molecule has 0 radical (unpaired) electrons. The van der Waals surface area contributed by atoms with Gasteiger partial charge in [-0.25, -0.2) is 13.1 Å². The molecule has 2 aromatic heterocycles. The number of nitrogens with one attached hydrogen (secondary N) is 3. The molecule has 29 heavy (non-hydrogen) atoms. The van der Waals surface area contributed by atoms with Gasteiger partial charge in [0.05, 0.1) is 34.1 Å². The second-order valence-electron chi connectivity index (χ2n) is 6.18. The maximum Gasteiger partial charge on any atom is 0.287 e. The molecule has 3 rings (SSSR count). The van der Waals surface area contributed by atoms with Crippen molar-refractivity contribution in [3.63, 3.8) is 0 Å². The summed E-state index contributed by atoms with van der Waals surface area (Å²) in [6, 6.07) is 6.34. The Morgan fingerprint density at radius 1 is 1.31 bits per heavy atom. The summed E-state index contributed by atoms with van der Waals surface area (Å²) in [4.78, 5) is 38.4. The van der Waals surface area contributed by atoms with E-state index in [1.165, 1.54) is 36.5 Å². The molecule has 1 aromatic carbocycles. The van der Waals surface area contributed by atoms with Crippen LogP contribution in [0.15, 0.2) is 50.7 Å². The first kappa shape index (κ1) is 20.4. The molecule has 3 N–H and O–H groups in total. The fraction of sp³-hybridized carbons (Fsp3) is 0.222. The lowest BCUT2D eigenvalue weighted by Gasteiger charge is -2.10. The molecule has 3 aromatic rings. The molecule has 0 saturated carbocycles. The van der Waals surface area contributed by atoms with Gasteiger partial charge in [0.1, 0.15) is 6.29 Å². The van der Waals surface area contributed by atoms with Gasteiger partial charge in [-0.05, 0) is 36.8 Å². The molecule has 11 heteroatoms. The predicted octanol–water partition coefficient (Wildman–Crippen LogP) is 0.702. The summed E-state index contributed by atoms with van der Waals surface area (Å²) in [5.41, 5.74) is 0.369. The molecule has 0 fully saturated rings. The Morgan fingerprint density at radius 2 is 2.10 bits per heavy atom. The highest BCUT2D eigenvalue weighted by molar-refractivity contribution is 7.89. The van der Waals surface area contributed by atoms with Crippen molar-refractivity contribution in [2.24, 2.45) is 0 Å². The highest BCUT2D eigenvalue weighted by Crippen LogP contribution is 2.16. The van der Waals surface area contributed by atoms with Gasteiger partial charge in [0.25, 0.3) is 11.5 Å². The monoisotopic (exact) mass is 418 g/mol. The summed E-state index contributed by atoms with van der Waals surface area (Å²) < 4.78 is 32.2. The van der Waals surface area contributed by atoms with Crippen LogP contribution in [-0.2, 0) is 21.4 Å². The SMILES string of the molecule is CC[C@@H](C=O)NC(=O)c1ccc(CNS(=O)(=O)c2ccc3o[nH]c(=O)c3c2)nc1. The minimum Gasteiger partial charge on any atom is -0.378 e. The van der Waals surface area contributed by atoms with E-state index in [1.54, 1.807) is 6.92 Å². The van der Waals surface area contributed by atoms with Gasteiger partial charge in [-0.3, -0.25) is 14.6 Å². The summed E-state index contributed by atoms with van der Waals surface area (Å²) in [5.74, 6) is -0.442. The number of hydrogen-bond acceptors (Lipinski definition) is 7. The zero-order valence-electron chi connectivity index (χ0n) is 15.3. The first-order chi connectivity index (χ1) is 13.8. The van der Waals surface area contributed by atoms with Crippen LogP contribution >= 0.6 is 0 Å². The number of carbonyl (C=O) groups excluding carboxylic acids is 2. The van der Waals surface area contributed by atoms with Crippen molar-refractivity contribution in [3.05, 3.63) is 58.1 Å². The molecule has 0 unspecified atom stereocenters. The van der Waals surface area contributed by atoms with E-state index in [-0.39, 0.29) is 28.0 Å². The van der Waals surface area contributed by atoms with Gasteiger partial charge in [-0.2, -0.15) is 5.16 Å². The molecule has 0 saturated heterocycles. The predicted molar refractivity (Wildman–Crippen MR) is 103 cm³/mol. The largest absolute Gasteiger partial charge is 0.378 e. The normalized spacial score (nSPS) is 12.6. The van der Waals surface area contributed by atoms with Crippen LogP contribution in [0, 0.1) is 0 Å². The molecule has 1 amide bonds. The highest BCUT2D eigenvalue weighted by Gasteiger charge is 2.17. The fourth-order valence-electron chi connectivity index (χ4n) is 2.50. The van der Waals surface area contributed by atoms with Crippen LogP contribution in [0.3, 0.4) is 0 Å². The van der Waals surface area contributed by atoms with Crippen LogP contribution < -0.4 is 15.6 Å². The van der Waals surface area contributed by atoms with Gasteiger partial charge in [0, 0.05) is 6.20 Å². The number of aromatic amines is 1. The number of H-pyrrole nitrogens is 1. The highest BCUT2D eigenvalue weighted by atomic mass is 32.2. The first-order valence-corrected chi connectivity index (χ1v) is 10.1. The summed E-state index contributed by atoms with van der Waals surface area (Å²) in [7, 11) is -3.90. The van der Waals surface area contributed by atoms with Crippen LogP contribution in [0.4, 0.5) is 0 Å². The van der Waals surface area contributed by atoms with Gasteiger partial charge in [0.15, 0.2) is 5.58 Å². The van der Waals surface area contributed by atoms with E-state index in [0.717, 1.165) is 0 Å². The minimum atomic E-state index is -3.90. The van der Waals surface area contributed by atoms with Gasteiger partial charge in [-0.1, -0.05) is 6.92 Å². The number of amides is 1. The molecule has 10 nitrogen and oxygen atoms in total. The lowest BCUT2D eigenvalue weighted by Crippen LogP contribution is -2.35. The van der Waals surface area contributed by atoms with Crippen molar-refractivity contribution in [1.82, 2.24) is 20.2 Å². The van der Waals surface area contributed by atoms with E-state index in [2.05, 4.69) is 20.2 Å². The van der Waals surface area contributed by atoms with Gasteiger partial charge >= 0.3 is 0 Å². The number of hydrogen-bond donors (Lipinski definition) is 3. The van der Waals surface area contributed by atoms with Crippen molar-refractivity contribution in [1.29, 1.82) is 0 Å². The molecule has 0 aliphatic rings. The maximum atomic E-state index is 12.5. The minimum absolute atomic E-state index is 0.0904. The number of fused-ring (bicyclic) bond motifs is 1. The summed E-state index contributed by atoms with van der Waals surface area (Å²) in [6.07, 6.45) is 2.43. The molecular weight excluding hydrogens is 400 g/mol. The zero-order chi connectivity index (χ0) is 21.0. The number of benzene rings is 1. The molecule has 0 bridgehead atoms. The van der Waals surface area contributed by atoms with Crippen molar-refractivity contribution in [2.75, 3.05) is 0 Å². The van der Waals surface area contributed by atoms with E-state index in [9.17, 15) is 22.8 Å². The van der Waals surface area contributed by atoms with E-state index in [0.29, 0.717) is 18.4 Å². The number of carbonyl (C=O) groups is 2. The van der Waals surface area contributed by atoms with E-state index < -0.39 is 27.5 Å². The maximum absolute atomic E-state index is 12.5. The van der Waals surface area contributed by atoms with Crippen molar-refractivity contribution in [2.45, 2.75) is 30.8 Å². The average molecular weight is 418 g/mol. The van der Waals surface area contributed by atoms with Gasteiger partial charge in [-0.15, -0.1) is 0 Å². The van der Waals surface area contributed by atoms with Crippen LogP contribution in [0.2, 0.25) is 0 Å². The summed E-state index contributed by atoms with van der Waals surface area (Å²) in [6.45, 7) is 1.66. The van der Waals surface area contributed by atoms with Crippen LogP contribution in [0.25, 0.3) is 11.0 Å². The van der Waals surface area contributed by atoms with Gasteiger partial charge in [0.2, 0.25) is 10.0 Å². The van der Waals surface area contributed by atoms with E-state index >= 15 is 0 Å². The lowest BCUT2D eigenvalue weighted by atomic mass is 10.2. The van der Waals surface area contributed by atoms with E-state index in [4.69, 9.17) is 4.52 Å². The Labute approximate surface area is 165 Å². The number of aldehydes is 1. The summed E-state index contributed by atoms with van der Waals surface area (Å²) >= 11 is 0. The Hall–Kier alpha value is -3.31.